The molecule has 1 fully saturated rings. The van der Waals surface area contributed by atoms with Gasteiger partial charge in [-0.2, -0.15) is 0 Å². The van der Waals surface area contributed by atoms with E-state index in [9.17, 15) is 9.59 Å². The van der Waals surface area contributed by atoms with E-state index >= 15 is 0 Å². The largest absolute Gasteiger partial charge is 0.342 e. The van der Waals surface area contributed by atoms with Crippen LogP contribution in [0.1, 0.15) is 18.4 Å². The lowest BCUT2D eigenvalue weighted by atomic mass is 9.96. The number of anilines is 1. The molecule has 142 valence electrons. The summed E-state index contributed by atoms with van der Waals surface area (Å²) in [5, 5.41) is 4.01. The number of hydrogen-bond acceptors (Lipinski definition) is 3. The molecular weight excluding hydrogens is 350 g/mol. The van der Waals surface area contributed by atoms with Gasteiger partial charge < -0.3 is 10.2 Å². The zero-order chi connectivity index (χ0) is 19.3. The summed E-state index contributed by atoms with van der Waals surface area (Å²) in [5.41, 5.74) is 2.50. The molecule has 2 heterocycles. The van der Waals surface area contributed by atoms with Gasteiger partial charge in [-0.1, -0.05) is 48.5 Å². The molecule has 5 nitrogen and oxygen atoms in total. The van der Waals surface area contributed by atoms with Crippen molar-refractivity contribution in [1.29, 1.82) is 0 Å². The summed E-state index contributed by atoms with van der Waals surface area (Å²) in [5.74, 6) is -0.168. The quantitative estimate of drug-likeness (QED) is 0.759. The molecule has 0 saturated carbocycles. The van der Waals surface area contributed by atoms with Crippen LogP contribution >= 0.6 is 0 Å². The van der Waals surface area contributed by atoms with Crippen molar-refractivity contribution in [2.45, 2.75) is 19.3 Å². The number of carbonyl (C=O) groups is 2. The molecule has 0 radical (unpaired) electrons. The van der Waals surface area contributed by atoms with Crippen LogP contribution in [0.2, 0.25) is 0 Å². The maximum atomic E-state index is 12.9. The molecule has 0 spiro atoms. The predicted octanol–water partition coefficient (Wildman–Crippen LogP) is 3.65. The number of amides is 2. The van der Waals surface area contributed by atoms with Gasteiger partial charge in [0.2, 0.25) is 11.8 Å². The number of rotatable bonds is 4. The van der Waals surface area contributed by atoms with Crippen LogP contribution in [0.3, 0.4) is 0 Å². The molecule has 0 aliphatic carbocycles. The summed E-state index contributed by atoms with van der Waals surface area (Å²) in [4.78, 5) is 31.7. The average molecular weight is 373 g/mol. The predicted molar refractivity (Wildman–Crippen MR) is 110 cm³/mol. The van der Waals surface area contributed by atoms with E-state index in [4.69, 9.17) is 0 Å². The van der Waals surface area contributed by atoms with Gasteiger partial charge in [-0.3, -0.25) is 14.6 Å². The van der Waals surface area contributed by atoms with Crippen molar-refractivity contribution in [2.75, 3.05) is 18.4 Å². The Hall–Kier alpha value is -3.21. The Balaban J connectivity index is 1.42. The van der Waals surface area contributed by atoms with Crippen molar-refractivity contribution < 1.29 is 9.59 Å². The van der Waals surface area contributed by atoms with Gasteiger partial charge >= 0.3 is 0 Å². The lowest BCUT2D eigenvalue weighted by molar-refractivity contribution is -0.133. The van der Waals surface area contributed by atoms with Gasteiger partial charge in [0.05, 0.1) is 23.5 Å². The number of benzene rings is 2. The highest BCUT2D eigenvalue weighted by Crippen LogP contribution is 2.24. The summed E-state index contributed by atoms with van der Waals surface area (Å²) in [6.07, 6.45) is 3.73. The first kappa shape index (κ1) is 18.2. The fraction of sp³-hybridized carbons (Fsp3) is 0.261. The van der Waals surface area contributed by atoms with E-state index in [1.165, 1.54) is 0 Å². The number of pyridine rings is 1. The molecule has 1 aromatic heterocycles. The number of likely N-dealkylation sites (tertiary alicyclic amines) is 1. The molecule has 5 heteroatoms. The highest BCUT2D eigenvalue weighted by atomic mass is 16.2. The second-order valence-corrected chi connectivity index (χ2v) is 7.21. The maximum absolute atomic E-state index is 12.9. The number of para-hydroxylation sites is 1. The number of nitrogens with one attached hydrogen (secondary N) is 1. The van der Waals surface area contributed by atoms with Crippen molar-refractivity contribution in [3.05, 3.63) is 72.4 Å². The minimum Gasteiger partial charge on any atom is -0.342 e. The van der Waals surface area contributed by atoms with Crippen molar-refractivity contribution in [3.8, 4) is 0 Å². The van der Waals surface area contributed by atoms with Gasteiger partial charge in [-0.05, 0) is 30.5 Å². The zero-order valence-corrected chi connectivity index (χ0v) is 15.7. The summed E-state index contributed by atoms with van der Waals surface area (Å²) in [7, 11) is 0. The fourth-order valence-electron chi connectivity index (χ4n) is 3.74. The molecule has 2 aromatic carbocycles. The number of hydrogen-bond donors (Lipinski definition) is 1. The van der Waals surface area contributed by atoms with Crippen molar-refractivity contribution in [3.63, 3.8) is 0 Å². The molecule has 28 heavy (non-hydrogen) atoms. The third kappa shape index (κ3) is 4.03. The van der Waals surface area contributed by atoms with Crippen LogP contribution in [0.5, 0.6) is 0 Å². The van der Waals surface area contributed by atoms with Gasteiger partial charge in [0.25, 0.3) is 0 Å². The molecule has 2 amide bonds. The van der Waals surface area contributed by atoms with Crippen molar-refractivity contribution >= 4 is 28.4 Å². The van der Waals surface area contributed by atoms with Crippen LogP contribution in [-0.2, 0) is 16.0 Å². The molecule has 1 unspecified atom stereocenters. The van der Waals surface area contributed by atoms with E-state index in [0.717, 1.165) is 35.0 Å². The van der Waals surface area contributed by atoms with E-state index in [0.29, 0.717) is 19.5 Å². The highest BCUT2D eigenvalue weighted by Gasteiger charge is 2.28. The monoisotopic (exact) mass is 373 g/mol. The molecule has 4 rings (SSSR count). The summed E-state index contributed by atoms with van der Waals surface area (Å²) < 4.78 is 0. The van der Waals surface area contributed by atoms with Gasteiger partial charge in [0, 0.05) is 24.7 Å². The number of aromatic nitrogens is 1. The minimum absolute atomic E-state index is 0.0460. The Morgan fingerprint density at radius 2 is 1.86 bits per heavy atom. The topological polar surface area (TPSA) is 62.3 Å². The standard InChI is InChI=1S/C23H23N3O2/c27-21(15-17-7-2-1-3-8-17)26-14-6-11-19(16-26)23(28)25-20-12-4-9-18-10-5-13-24-22(18)20/h1-5,7-10,12-13,19H,6,11,14-16H2,(H,25,28). The minimum atomic E-state index is -0.201. The third-order valence-corrected chi connectivity index (χ3v) is 5.23. The Labute approximate surface area is 164 Å². The summed E-state index contributed by atoms with van der Waals surface area (Å²) in [6.45, 7) is 1.18. The number of nitrogens with zero attached hydrogens (tertiary/aromatic N) is 2. The second-order valence-electron chi connectivity index (χ2n) is 7.21. The molecule has 1 atom stereocenters. The first-order chi connectivity index (χ1) is 13.7. The van der Waals surface area contributed by atoms with Crippen LogP contribution in [0.4, 0.5) is 5.69 Å². The summed E-state index contributed by atoms with van der Waals surface area (Å²) >= 11 is 0. The van der Waals surface area contributed by atoms with Crippen molar-refractivity contribution in [1.82, 2.24) is 9.88 Å². The first-order valence-electron chi connectivity index (χ1n) is 9.67. The van der Waals surface area contributed by atoms with Gasteiger partial charge in [-0.25, -0.2) is 0 Å². The van der Waals surface area contributed by atoms with Crippen molar-refractivity contribution in [2.24, 2.45) is 5.92 Å². The van der Waals surface area contributed by atoms with E-state index in [-0.39, 0.29) is 17.7 Å². The zero-order valence-electron chi connectivity index (χ0n) is 15.7. The van der Waals surface area contributed by atoms with E-state index < -0.39 is 0 Å². The van der Waals surface area contributed by atoms with Gasteiger partial charge in [0.15, 0.2) is 0 Å². The van der Waals surface area contributed by atoms with Gasteiger partial charge in [0.1, 0.15) is 0 Å². The molecule has 1 aliphatic heterocycles. The lowest BCUT2D eigenvalue weighted by Crippen LogP contribution is -2.44. The average Bonchev–Trinajstić information content (AvgIpc) is 2.75. The van der Waals surface area contributed by atoms with E-state index in [2.05, 4.69) is 10.3 Å². The Morgan fingerprint density at radius 3 is 2.71 bits per heavy atom. The number of carbonyl (C=O) groups excluding carboxylic acids is 2. The highest BCUT2D eigenvalue weighted by molar-refractivity contribution is 6.01. The SMILES string of the molecule is O=C(Nc1cccc2cccnc12)C1CCCN(C(=O)Cc2ccccc2)C1. The number of fused-ring (bicyclic) bond motifs is 1. The smallest absolute Gasteiger partial charge is 0.229 e. The third-order valence-electron chi connectivity index (χ3n) is 5.23. The van der Waals surface area contributed by atoms with E-state index in [1.807, 2.05) is 65.6 Å². The molecule has 1 saturated heterocycles. The molecule has 0 bridgehead atoms. The Morgan fingerprint density at radius 1 is 1.04 bits per heavy atom. The maximum Gasteiger partial charge on any atom is 0.229 e. The fourth-order valence-corrected chi connectivity index (χ4v) is 3.74. The van der Waals surface area contributed by atoms with Crippen LogP contribution in [-0.4, -0.2) is 34.8 Å². The second kappa shape index (κ2) is 8.21. The molecule has 1 aliphatic rings. The van der Waals surface area contributed by atoms with Crippen LogP contribution < -0.4 is 5.32 Å². The Kier molecular flexibility index (Phi) is 5.33. The van der Waals surface area contributed by atoms with Crippen LogP contribution in [0, 0.1) is 5.92 Å². The molecule has 1 N–H and O–H groups in total. The molecule has 3 aromatic rings. The molecular formula is C23H23N3O2. The van der Waals surface area contributed by atoms with E-state index in [1.54, 1.807) is 6.20 Å². The van der Waals surface area contributed by atoms with Crippen LogP contribution in [0.15, 0.2) is 66.9 Å². The Bertz CT molecular complexity index is 982. The van der Waals surface area contributed by atoms with Gasteiger partial charge in [-0.15, -0.1) is 0 Å². The normalized spacial score (nSPS) is 16.7. The summed E-state index contributed by atoms with van der Waals surface area (Å²) in [6, 6.07) is 19.3. The first-order valence-corrected chi connectivity index (χ1v) is 9.67. The lowest BCUT2D eigenvalue weighted by Gasteiger charge is -2.32. The number of piperidine rings is 1. The van der Waals surface area contributed by atoms with Crippen LogP contribution in [0.25, 0.3) is 10.9 Å².